The van der Waals surface area contributed by atoms with Crippen molar-refractivity contribution in [2.24, 2.45) is 5.92 Å². The quantitative estimate of drug-likeness (QED) is 0.904. The number of ether oxygens (including phenoxy) is 1. The van der Waals surface area contributed by atoms with Gasteiger partial charge >= 0.3 is 0 Å². The fourth-order valence-corrected chi connectivity index (χ4v) is 4.08. The van der Waals surface area contributed by atoms with Crippen molar-refractivity contribution < 1.29 is 9.84 Å². The normalized spacial score (nSPS) is 27.6. The second kappa shape index (κ2) is 6.50. The van der Waals surface area contributed by atoms with Crippen molar-refractivity contribution in [1.29, 1.82) is 0 Å². The van der Waals surface area contributed by atoms with Gasteiger partial charge in [-0.25, -0.2) is 0 Å². The van der Waals surface area contributed by atoms with E-state index in [0.29, 0.717) is 12.3 Å². The minimum absolute atomic E-state index is 0.360. The molecule has 21 heavy (non-hydrogen) atoms. The van der Waals surface area contributed by atoms with E-state index >= 15 is 0 Å². The van der Waals surface area contributed by atoms with Gasteiger partial charge in [0.2, 0.25) is 0 Å². The summed E-state index contributed by atoms with van der Waals surface area (Å²) in [5.74, 6) is 0.633. The van der Waals surface area contributed by atoms with Gasteiger partial charge in [0.1, 0.15) is 0 Å². The van der Waals surface area contributed by atoms with Crippen LogP contribution in [0.15, 0.2) is 12.1 Å². The van der Waals surface area contributed by atoms with E-state index in [9.17, 15) is 5.11 Å². The Morgan fingerprint density at radius 2 is 1.90 bits per heavy atom. The SMILES string of the molecule is COC1(C(O)Cc2c(C)cc(C)cc2C)CCCC(C)C1. The van der Waals surface area contributed by atoms with Crippen LogP contribution in [0.4, 0.5) is 0 Å². The molecule has 1 fully saturated rings. The molecular weight excluding hydrogens is 260 g/mol. The van der Waals surface area contributed by atoms with Gasteiger partial charge in [-0.2, -0.15) is 0 Å². The predicted octanol–water partition coefficient (Wildman–Crippen LogP) is 4.11. The molecule has 0 radical (unpaired) electrons. The molecule has 0 aromatic heterocycles. The van der Waals surface area contributed by atoms with Crippen LogP contribution in [0.3, 0.4) is 0 Å². The lowest BCUT2D eigenvalue weighted by Crippen LogP contribution is -2.48. The summed E-state index contributed by atoms with van der Waals surface area (Å²) in [5.41, 5.74) is 4.77. The highest BCUT2D eigenvalue weighted by molar-refractivity contribution is 5.38. The molecule has 1 aliphatic rings. The van der Waals surface area contributed by atoms with Crippen LogP contribution >= 0.6 is 0 Å². The molecule has 1 aliphatic carbocycles. The maximum Gasteiger partial charge on any atom is 0.0942 e. The molecule has 2 rings (SSSR count). The Hall–Kier alpha value is -0.860. The molecule has 1 saturated carbocycles. The van der Waals surface area contributed by atoms with E-state index in [1.807, 2.05) is 0 Å². The molecule has 0 aliphatic heterocycles. The van der Waals surface area contributed by atoms with Crippen LogP contribution < -0.4 is 0 Å². The van der Waals surface area contributed by atoms with E-state index < -0.39 is 6.10 Å². The molecule has 0 spiro atoms. The number of benzene rings is 1. The first-order valence-corrected chi connectivity index (χ1v) is 8.18. The second-order valence-corrected chi connectivity index (χ2v) is 7.07. The third kappa shape index (κ3) is 3.49. The van der Waals surface area contributed by atoms with Crippen molar-refractivity contribution in [2.75, 3.05) is 7.11 Å². The molecular formula is C19H30O2. The first-order chi connectivity index (χ1) is 9.88. The molecule has 1 N–H and O–H groups in total. The number of hydrogen-bond donors (Lipinski definition) is 1. The number of hydrogen-bond acceptors (Lipinski definition) is 2. The highest BCUT2D eigenvalue weighted by Crippen LogP contribution is 2.38. The molecule has 0 bridgehead atoms. The van der Waals surface area contributed by atoms with Gasteiger partial charge in [-0.15, -0.1) is 0 Å². The summed E-state index contributed by atoms with van der Waals surface area (Å²) in [7, 11) is 1.76. The van der Waals surface area contributed by atoms with Gasteiger partial charge < -0.3 is 9.84 Å². The number of aliphatic hydroxyl groups is 1. The van der Waals surface area contributed by atoms with Gasteiger partial charge in [-0.05, 0) is 56.2 Å². The third-order valence-electron chi connectivity index (χ3n) is 5.24. The first kappa shape index (κ1) is 16.5. The van der Waals surface area contributed by atoms with Crippen molar-refractivity contribution in [1.82, 2.24) is 0 Å². The largest absolute Gasteiger partial charge is 0.390 e. The van der Waals surface area contributed by atoms with Crippen molar-refractivity contribution in [3.8, 4) is 0 Å². The van der Waals surface area contributed by atoms with Crippen LogP contribution in [-0.4, -0.2) is 23.9 Å². The van der Waals surface area contributed by atoms with Crippen LogP contribution in [0.1, 0.15) is 54.9 Å². The fraction of sp³-hybridized carbons (Fsp3) is 0.684. The zero-order valence-corrected chi connectivity index (χ0v) is 14.2. The number of methoxy groups -OCH3 is 1. The standard InChI is InChI=1S/C19H30O2/c1-13-7-6-8-19(12-13,21-5)18(20)11-17-15(3)9-14(2)10-16(17)4/h9-10,13,18,20H,6-8,11-12H2,1-5H3. The maximum absolute atomic E-state index is 10.9. The predicted molar refractivity (Wildman–Crippen MR) is 87.7 cm³/mol. The van der Waals surface area contributed by atoms with Crippen molar-refractivity contribution in [2.45, 2.75) is 71.5 Å². The molecule has 3 atom stereocenters. The number of aliphatic hydroxyl groups excluding tert-OH is 1. The lowest BCUT2D eigenvalue weighted by Gasteiger charge is -2.42. The van der Waals surface area contributed by atoms with Crippen molar-refractivity contribution in [3.05, 3.63) is 34.4 Å². The molecule has 1 aromatic carbocycles. The Labute approximate surface area is 129 Å². The lowest BCUT2D eigenvalue weighted by molar-refractivity contribution is -0.131. The maximum atomic E-state index is 10.9. The van der Waals surface area contributed by atoms with Gasteiger partial charge in [0.25, 0.3) is 0 Å². The Bertz CT molecular complexity index is 471. The minimum Gasteiger partial charge on any atom is -0.390 e. The molecule has 118 valence electrons. The monoisotopic (exact) mass is 290 g/mol. The van der Waals surface area contributed by atoms with Crippen molar-refractivity contribution >= 4 is 0 Å². The van der Waals surface area contributed by atoms with Crippen LogP contribution in [0.2, 0.25) is 0 Å². The average molecular weight is 290 g/mol. The smallest absolute Gasteiger partial charge is 0.0942 e. The van der Waals surface area contributed by atoms with E-state index in [0.717, 1.165) is 19.3 Å². The number of rotatable bonds is 4. The third-order valence-corrected chi connectivity index (χ3v) is 5.24. The van der Waals surface area contributed by atoms with Crippen LogP contribution in [0, 0.1) is 26.7 Å². The minimum atomic E-state index is -0.426. The molecule has 1 aromatic rings. The van der Waals surface area contributed by atoms with Gasteiger partial charge in [-0.1, -0.05) is 37.5 Å². The lowest BCUT2D eigenvalue weighted by atomic mass is 9.74. The van der Waals surface area contributed by atoms with Gasteiger partial charge in [-0.3, -0.25) is 0 Å². The average Bonchev–Trinajstić information content (AvgIpc) is 2.42. The summed E-state index contributed by atoms with van der Waals surface area (Å²) in [6, 6.07) is 4.41. The topological polar surface area (TPSA) is 29.5 Å². The Morgan fingerprint density at radius 1 is 1.29 bits per heavy atom. The molecule has 0 heterocycles. The Morgan fingerprint density at radius 3 is 2.43 bits per heavy atom. The van der Waals surface area contributed by atoms with E-state index in [2.05, 4.69) is 39.8 Å². The van der Waals surface area contributed by atoms with E-state index in [1.54, 1.807) is 7.11 Å². The van der Waals surface area contributed by atoms with Gasteiger partial charge in [0.15, 0.2) is 0 Å². The van der Waals surface area contributed by atoms with Crippen molar-refractivity contribution in [3.63, 3.8) is 0 Å². The highest BCUT2D eigenvalue weighted by atomic mass is 16.5. The summed E-state index contributed by atoms with van der Waals surface area (Å²) in [6.07, 6.45) is 4.61. The van der Waals surface area contributed by atoms with Crippen LogP contribution in [-0.2, 0) is 11.2 Å². The highest BCUT2D eigenvalue weighted by Gasteiger charge is 2.41. The van der Waals surface area contributed by atoms with Crippen LogP contribution in [0.5, 0.6) is 0 Å². The fourth-order valence-electron chi connectivity index (χ4n) is 4.08. The first-order valence-electron chi connectivity index (χ1n) is 8.18. The summed E-state index contributed by atoms with van der Waals surface area (Å²) >= 11 is 0. The van der Waals surface area contributed by atoms with E-state index in [-0.39, 0.29) is 5.60 Å². The van der Waals surface area contributed by atoms with E-state index in [4.69, 9.17) is 4.74 Å². The Balaban J connectivity index is 2.22. The molecule has 2 nitrogen and oxygen atoms in total. The van der Waals surface area contributed by atoms with E-state index in [1.165, 1.54) is 28.7 Å². The second-order valence-electron chi connectivity index (χ2n) is 7.07. The summed E-state index contributed by atoms with van der Waals surface area (Å²) in [6.45, 7) is 8.68. The summed E-state index contributed by atoms with van der Waals surface area (Å²) in [4.78, 5) is 0. The van der Waals surface area contributed by atoms with Gasteiger partial charge in [0.05, 0.1) is 11.7 Å². The molecule has 2 heteroatoms. The molecule has 3 unspecified atom stereocenters. The Kier molecular flexibility index (Phi) is 5.11. The molecule has 0 saturated heterocycles. The zero-order valence-electron chi connectivity index (χ0n) is 14.2. The summed E-state index contributed by atoms with van der Waals surface area (Å²) < 4.78 is 5.84. The van der Waals surface area contributed by atoms with Gasteiger partial charge in [0, 0.05) is 13.5 Å². The zero-order chi connectivity index (χ0) is 15.6. The summed E-state index contributed by atoms with van der Waals surface area (Å²) in [5, 5.41) is 10.9. The van der Waals surface area contributed by atoms with Crippen LogP contribution in [0.25, 0.3) is 0 Å². The molecule has 0 amide bonds. The number of aryl methyl sites for hydroxylation is 3.